The molecule has 1 aliphatic heterocycles. The van der Waals surface area contributed by atoms with E-state index in [1.54, 1.807) is 4.90 Å². The number of aliphatic hydroxyl groups excluding tert-OH is 1. The molecule has 2 atom stereocenters. The third kappa shape index (κ3) is 5.74. The van der Waals surface area contributed by atoms with E-state index in [0.29, 0.717) is 19.5 Å². The third-order valence-corrected chi connectivity index (χ3v) is 4.57. The van der Waals surface area contributed by atoms with Gasteiger partial charge in [-0.2, -0.15) is 0 Å². The minimum Gasteiger partial charge on any atom is -0.445 e. The van der Waals surface area contributed by atoms with E-state index in [1.807, 2.05) is 30.3 Å². The monoisotopic (exact) mass is 331 g/mol. The summed E-state index contributed by atoms with van der Waals surface area (Å²) < 4.78 is 5.31. The van der Waals surface area contributed by atoms with Gasteiger partial charge in [0.15, 0.2) is 0 Å². The second-order valence-corrected chi connectivity index (χ2v) is 11.7. The smallest absolute Gasteiger partial charge is 0.410 e. The molecule has 1 amide bonds. The zero-order chi connectivity index (χ0) is 16.9. The number of hydrogen-bond donors (Lipinski definition) is 1. The Morgan fingerprint density at radius 1 is 1.35 bits per heavy atom. The van der Waals surface area contributed by atoms with Crippen molar-refractivity contribution in [3.63, 3.8) is 0 Å². The molecule has 124 valence electrons. The molecule has 5 heteroatoms. The molecule has 1 N–H and O–H groups in total. The number of benzene rings is 1. The van der Waals surface area contributed by atoms with Gasteiger partial charge in [-0.25, -0.2) is 4.79 Å². The van der Waals surface area contributed by atoms with Crippen molar-refractivity contribution in [2.75, 3.05) is 13.1 Å². The number of piperidine rings is 1. The lowest BCUT2D eigenvalue weighted by Crippen LogP contribution is -2.46. The van der Waals surface area contributed by atoms with Crippen molar-refractivity contribution >= 4 is 14.2 Å². The molecule has 1 aliphatic rings. The average molecular weight is 331 g/mol. The van der Waals surface area contributed by atoms with Crippen molar-refractivity contribution < 1.29 is 14.6 Å². The number of carbonyl (C=O) groups excluding carboxylic acids is 1. The summed E-state index contributed by atoms with van der Waals surface area (Å²) in [7, 11) is -1.44. The van der Waals surface area contributed by atoms with Crippen molar-refractivity contribution in [1.29, 1.82) is 0 Å². The summed E-state index contributed by atoms with van der Waals surface area (Å²) in [4.78, 5) is 13.7. The summed E-state index contributed by atoms with van der Waals surface area (Å²) in [6.07, 6.45) is -0.277. The number of amides is 1. The highest BCUT2D eigenvalue weighted by Crippen LogP contribution is 2.18. The predicted octanol–water partition coefficient (Wildman–Crippen LogP) is 2.89. The number of likely N-dealkylation sites (tertiary alicyclic amines) is 1. The van der Waals surface area contributed by atoms with Gasteiger partial charge in [0.25, 0.3) is 0 Å². The zero-order valence-corrected chi connectivity index (χ0v) is 15.1. The van der Waals surface area contributed by atoms with Gasteiger partial charge in [-0.3, -0.25) is 0 Å². The second-order valence-electron chi connectivity index (χ2n) is 6.97. The minimum atomic E-state index is -1.44. The summed E-state index contributed by atoms with van der Waals surface area (Å²) in [5.41, 5.74) is 4.26. The molecule has 1 fully saturated rings. The zero-order valence-electron chi connectivity index (χ0n) is 14.1. The minimum absolute atomic E-state index is 0.0418. The molecule has 1 heterocycles. The quantitative estimate of drug-likeness (QED) is 0.670. The van der Waals surface area contributed by atoms with Gasteiger partial charge in [-0.05, 0) is 12.0 Å². The van der Waals surface area contributed by atoms with Crippen molar-refractivity contribution in [1.82, 2.24) is 4.90 Å². The van der Waals surface area contributed by atoms with E-state index >= 15 is 0 Å². The Morgan fingerprint density at radius 3 is 2.65 bits per heavy atom. The van der Waals surface area contributed by atoms with E-state index in [4.69, 9.17) is 4.74 Å². The van der Waals surface area contributed by atoms with Gasteiger partial charge >= 0.3 is 6.09 Å². The number of hydrogen-bond acceptors (Lipinski definition) is 3. The van der Waals surface area contributed by atoms with Gasteiger partial charge in [0.05, 0.1) is 12.6 Å². The molecule has 0 saturated carbocycles. The van der Waals surface area contributed by atoms with E-state index in [9.17, 15) is 9.90 Å². The molecule has 4 nitrogen and oxygen atoms in total. The third-order valence-electron chi connectivity index (χ3n) is 3.68. The first-order chi connectivity index (χ1) is 10.8. The standard InChI is InChI=1S/C18H25NO3Si/c1-23(2,3)12-10-16-9-11-19(13-17(16)20)18(21)22-14-15-7-5-4-6-8-15/h4-8,16-17,20H,9,11,13-14H2,1-3H3. The molecule has 0 spiro atoms. The lowest BCUT2D eigenvalue weighted by Gasteiger charge is -2.33. The van der Waals surface area contributed by atoms with Gasteiger partial charge in [-0.1, -0.05) is 50.0 Å². The van der Waals surface area contributed by atoms with Crippen molar-refractivity contribution in [2.45, 2.75) is 38.8 Å². The van der Waals surface area contributed by atoms with Crippen LogP contribution in [0.15, 0.2) is 30.3 Å². The largest absolute Gasteiger partial charge is 0.445 e. The fourth-order valence-corrected chi connectivity index (χ4v) is 3.00. The van der Waals surface area contributed by atoms with E-state index in [-0.39, 0.29) is 18.6 Å². The van der Waals surface area contributed by atoms with E-state index in [0.717, 1.165) is 5.56 Å². The Bertz CT molecular complexity index is 586. The van der Waals surface area contributed by atoms with Crippen LogP contribution in [0.4, 0.5) is 4.79 Å². The highest BCUT2D eigenvalue weighted by atomic mass is 28.3. The van der Waals surface area contributed by atoms with Crippen LogP contribution in [0.2, 0.25) is 19.6 Å². The number of rotatable bonds is 2. The molecular weight excluding hydrogens is 306 g/mol. The molecule has 2 unspecified atom stereocenters. The average Bonchev–Trinajstić information content (AvgIpc) is 2.51. The van der Waals surface area contributed by atoms with E-state index < -0.39 is 14.2 Å². The first-order valence-corrected chi connectivity index (χ1v) is 11.5. The Kier molecular flexibility index (Phi) is 5.86. The fraction of sp³-hybridized carbons (Fsp3) is 0.500. The van der Waals surface area contributed by atoms with Crippen molar-refractivity contribution in [2.24, 2.45) is 5.92 Å². The molecule has 1 saturated heterocycles. The molecule has 0 aromatic heterocycles. The van der Waals surface area contributed by atoms with Crippen LogP contribution in [0, 0.1) is 17.4 Å². The molecule has 2 rings (SSSR count). The van der Waals surface area contributed by atoms with Gasteiger partial charge in [-0.15, -0.1) is 11.5 Å². The highest BCUT2D eigenvalue weighted by molar-refractivity contribution is 6.83. The van der Waals surface area contributed by atoms with Gasteiger partial charge in [0, 0.05) is 12.5 Å². The van der Waals surface area contributed by atoms with Crippen molar-refractivity contribution in [3.8, 4) is 11.5 Å². The Labute approximate surface area is 139 Å². The molecule has 23 heavy (non-hydrogen) atoms. The Hall–Kier alpha value is -1.77. The lowest BCUT2D eigenvalue weighted by molar-refractivity contribution is 0.0292. The maximum absolute atomic E-state index is 12.1. The number of aliphatic hydroxyl groups is 1. The molecule has 0 aliphatic carbocycles. The maximum atomic E-state index is 12.1. The maximum Gasteiger partial charge on any atom is 0.410 e. The fourth-order valence-electron chi connectivity index (χ4n) is 2.39. The van der Waals surface area contributed by atoms with Crippen LogP contribution in [0.3, 0.4) is 0 Å². The lowest BCUT2D eigenvalue weighted by atomic mass is 9.95. The first kappa shape index (κ1) is 17.6. The van der Waals surface area contributed by atoms with Crippen LogP contribution in [-0.2, 0) is 11.3 Å². The summed E-state index contributed by atoms with van der Waals surface area (Å²) in [5, 5.41) is 10.2. The van der Waals surface area contributed by atoms with Crippen LogP contribution < -0.4 is 0 Å². The Balaban J connectivity index is 1.84. The van der Waals surface area contributed by atoms with Crippen LogP contribution in [-0.4, -0.2) is 43.4 Å². The number of ether oxygens (including phenoxy) is 1. The molecular formula is C18H25NO3Si. The summed E-state index contributed by atoms with van der Waals surface area (Å²) in [6, 6.07) is 9.58. The first-order valence-electron chi connectivity index (χ1n) is 8.01. The normalized spacial score (nSPS) is 21.3. The van der Waals surface area contributed by atoms with Crippen LogP contribution in [0.25, 0.3) is 0 Å². The van der Waals surface area contributed by atoms with E-state index in [1.165, 1.54) is 0 Å². The van der Waals surface area contributed by atoms with Crippen LogP contribution >= 0.6 is 0 Å². The van der Waals surface area contributed by atoms with E-state index in [2.05, 4.69) is 31.1 Å². The van der Waals surface area contributed by atoms with Crippen molar-refractivity contribution in [3.05, 3.63) is 35.9 Å². The SMILES string of the molecule is C[Si](C)(C)C#CC1CCN(C(=O)OCc2ccccc2)CC1O. The Morgan fingerprint density at radius 2 is 2.04 bits per heavy atom. The summed E-state index contributed by atoms with van der Waals surface area (Å²) in [5.74, 6) is 3.17. The van der Waals surface area contributed by atoms with Gasteiger partial charge in [0.2, 0.25) is 0 Å². The number of carbonyl (C=O) groups is 1. The molecule has 1 aromatic rings. The number of β-amino-alcohol motifs (C(OH)–C–C–N with tert-alkyl or cyclic N) is 1. The summed E-state index contributed by atoms with van der Waals surface area (Å²) in [6.45, 7) is 7.67. The van der Waals surface area contributed by atoms with Gasteiger partial charge in [0.1, 0.15) is 14.7 Å². The number of nitrogens with zero attached hydrogens (tertiary/aromatic N) is 1. The predicted molar refractivity (Wildman–Crippen MR) is 93.4 cm³/mol. The molecule has 0 bridgehead atoms. The van der Waals surface area contributed by atoms with Gasteiger partial charge < -0.3 is 14.7 Å². The molecule has 1 aromatic carbocycles. The topological polar surface area (TPSA) is 49.8 Å². The van der Waals surface area contributed by atoms with Crippen LogP contribution in [0.1, 0.15) is 12.0 Å². The molecule has 0 radical (unpaired) electrons. The van der Waals surface area contributed by atoms with Crippen LogP contribution in [0.5, 0.6) is 0 Å². The second kappa shape index (κ2) is 7.67. The summed E-state index contributed by atoms with van der Waals surface area (Å²) >= 11 is 0. The highest BCUT2D eigenvalue weighted by Gasteiger charge is 2.30.